The lowest BCUT2D eigenvalue weighted by Gasteiger charge is -2.05. The molecule has 0 amide bonds. The molecule has 0 fully saturated rings. The van der Waals surface area contributed by atoms with E-state index in [1.54, 1.807) is 0 Å². The van der Waals surface area contributed by atoms with Gasteiger partial charge in [-0.05, 0) is 13.8 Å². The zero-order valence-corrected chi connectivity index (χ0v) is 7.02. The summed E-state index contributed by atoms with van der Waals surface area (Å²) in [7, 11) is 0. The van der Waals surface area contributed by atoms with E-state index in [9.17, 15) is 4.79 Å². The summed E-state index contributed by atoms with van der Waals surface area (Å²) < 4.78 is 5.18. The van der Waals surface area contributed by atoms with Crippen LogP contribution in [0.5, 0.6) is 6.01 Å². The highest BCUT2D eigenvalue weighted by Crippen LogP contribution is 2.02. The maximum atomic E-state index is 10.2. The maximum Gasteiger partial charge on any atom is 0.316 e. The summed E-state index contributed by atoms with van der Waals surface area (Å²) in [4.78, 5) is 17.9. The van der Waals surface area contributed by atoms with E-state index in [4.69, 9.17) is 4.74 Å². The molecule has 12 heavy (non-hydrogen) atoms. The molecule has 0 bridgehead atoms. The first-order chi connectivity index (χ1) is 5.72. The van der Waals surface area contributed by atoms with E-state index in [0.717, 1.165) is 0 Å². The zero-order chi connectivity index (χ0) is 8.97. The van der Waals surface area contributed by atoms with E-state index in [1.807, 2.05) is 13.8 Å². The lowest BCUT2D eigenvalue weighted by molar-refractivity contribution is 0.112. The van der Waals surface area contributed by atoms with Crippen LogP contribution in [0.15, 0.2) is 12.4 Å². The predicted molar refractivity (Wildman–Crippen MR) is 43.2 cm³/mol. The van der Waals surface area contributed by atoms with Gasteiger partial charge in [-0.25, -0.2) is 9.97 Å². The van der Waals surface area contributed by atoms with Crippen molar-refractivity contribution < 1.29 is 9.53 Å². The molecule has 1 aromatic rings. The average Bonchev–Trinajstić information content (AvgIpc) is 2.05. The molecule has 1 heterocycles. The van der Waals surface area contributed by atoms with Crippen molar-refractivity contribution in [2.24, 2.45) is 0 Å². The Balaban J connectivity index is 2.71. The number of rotatable bonds is 3. The fraction of sp³-hybridized carbons (Fsp3) is 0.375. The molecule has 0 radical (unpaired) electrons. The Morgan fingerprint density at radius 3 is 2.42 bits per heavy atom. The van der Waals surface area contributed by atoms with Gasteiger partial charge in [-0.15, -0.1) is 0 Å². The topological polar surface area (TPSA) is 52.1 Å². The van der Waals surface area contributed by atoms with Crippen LogP contribution in [0.4, 0.5) is 0 Å². The number of hydrogen-bond donors (Lipinski definition) is 0. The Hall–Kier alpha value is -1.45. The summed E-state index contributed by atoms with van der Waals surface area (Å²) in [5.41, 5.74) is 0.450. The van der Waals surface area contributed by atoms with Crippen molar-refractivity contribution in [2.45, 2.75) is 20.0 Å². The van der Waals surface area contributed by atoms with Crippen LogP contribution >= 0.6 is 0 Å². The van der Waals surface area contributed by atoms with Crippen molar-refractivity contribution in [3.63, 3.8) is 0 Å². The second-order valence-corrected chi connectivity index (χ2v) is 2.58. The van der Waals surface area contributed by atoms with E-state index in [1.165, 1.54) is 12.4 Å². The fourth-order valence-electron chi connectivity index (χ4n) is 0.659. The van der Waals surface area contributed by atoms with Crippen LogP contribution < -0.4 is 4.74 Å². The van der Waals surface area contributed by atoms with Gasteiger partial charge in [0.1, 0.15) is 0 Å². The minimum Gasteiger partial charge on any atom is -0.461 e. The molecule has 0 spiro atoms. The van der Waals surface area contributed by atoms with Gasteiger partial charge in [-0.2, -0.15) is 0 Å². The van der Waals surface area contributed by atoms with Crippen LogP contribution in [0.2, 0.25) is 0 Å². The molecule has 0 saturated heterocycles. The Labute approximate surface area is 70.6 Å². The molecular formula is C8H10N2O2. The van der Waals surface area contributed by atoms with E-state index >= 15 is 0 Å². The third kappa shape index (κ3) is 2.30. The molecular weight excluding hydrogens is 156 g/mol. The Morgan fingerprint density at radius 2 is 2.00 bits per heavy atom. The predicted octanol–water partition coefficient (Wildman–Crippen LogP) is 1.08. The highest BCUT2D eigenvalue weighted by molar-refractivity contribution is 5.73. The van der Waals surface area contributed by atoms with Gasteiger partial charge in [0.15, 0.2) is 6.29 Å². The van der Waals surface area contributed by atoms with Gasteiger partial charge in [0.05, 0.1) is 11.7 Å². The lowest BCUT2D eigenvalue weighted by Crippen LogP contribution is -2.08. The van der Waals surface area contributed by atoms with E-state index in [-0.39, 0.29) is 6.10 Å². The third-order valence-corrected chi connectivity index (χ3v) is 1.13. The standard InChI is InChI=1S/C8H10N2O2/c1-6(2)12-8-9-3-7(5-11)4-10-8/h3-6H,1-2H3. The van der Waals surface area contributed by atoms with Gasteiger partial charge in [0, 0.05) is 12.4 Å². The first-order valence-electron chi connectivity index (χ1n) is 3.66. The van der Waals surface area contributed by atoms with Crippen molar-refractivity contribution in [2.75, 3.05) is 0 Å². The number of carbonyl (C=O) groups is 1. The number of carbonyl (C=O) groups excluding carboxylic acids is 1. The van der Waals surface area contributed by atoms with Gasteiger partial charge in [0.25, 0.3) is 0 Å². The largest absolute Gasteiger partial charge is 0.461 e. The minimum atomic E-state index is 0.0482. The molecule has 0 saturated carbocycles. The Morgan fingerprint density at radius 1 is 1.42 bits per heavy atom. The number of aromatic nitrogens is 2. The van der Waals surface area contributed by atoms with Gasteiger partial charge in [0.2, 0.25) is 0 Å². The molecule has 0 atom stereocenters. The first kappa shape index (κ1) is 8.64. The molecule has 0 aliphatic rings. The quantitative estimate of drug-likeness (QED) is 0.630. The van der Waals surface area contributed by atoms with Crippen LogP contribution in [0.25, 0.3) is 0 Å². The van der Waals surface area contributed by atoms with Crippen LogP contribution in [0.1, 0.15) is 24.2 Å². The monoisotopic (exact) mass is 166 g/mol. The summed E-state index contributed by atoms with van der Waals surface area (Å²) in [6, 6.07) is 0.301. The summed E-state index contributed by atoms with van der Waals surface area (Å²) >= 11 is 0. The average molecular weight is 166 g/mol. The zero-order valence-electron chi connectivity index (χ0n) is 7.02. The SMILES string of the molecule is CC(C)Oc1ncc(C=O)cn1. The summed E-state index contributed by atoms with van der Waals surface area (Å²) in [6.07, 6.45) is 3.60. The minimum absolute atomic E-state index is 0.0482. The summed E-state index contributed by atoms with van der Waals surface area (Å²) in [5.74, 6) is 0. The molecule has 0 aromatic carbocycles. The maximum absolute atomic E-state index is 10.2. The smallest absolute Gasteiger partial charge is 0.316 e. The van der Waals surface area contributed by atoms with Crippen molar-refractivity contribution in [3.05, 3.63) is 18.0 Å². The van der Waals surface area contributed by atoms with Crippen molar-refractivity contribution in [1.29, 1.82) is 0 Å². The Bertz CT molecular complexity index is 256. The molecule has 64 valence electrons. The van der Waals surface area contributed by atoms with E-state index in [2.05, 4.69) is 9.97 Å². The van der Waals surface area contributed by atoms with Crippen molar-refractivity contribution in [3.8, 4) is 6.01 Å². The van der Waals surface area contributed by atoms with Gasteiger partial charge in [-0.3, -0.25) is 4.79 Å². The molecule has 0 aliphatic heterocycles. The number of ether oxygens (including phenoxy) is 1. The van der Waals surface area contributed by atoms with Crippen LogP contribution in [0.3, 0.4) is 0 Å². The molecule has 4 heteroatoms. The number of nitrogens with zero attached hydrogens (tertiary/aromatic N) is 2. The van der Waals surface area contributed by atoms with Gasteiger partial charge < -0.3 is 4.74 Å². The molecule has 0 aliphatic carbocycles. The second kappa shape index (κ2) is 3.80. The Kier molecular flexibility index (Phi) is 2.74. The van der Waals surface area contributed by atoms with E-state index in [0.29, 0.717) is 17.9 Å². The normalized spacial score (nSPS) is 9.92. The lowest BCUT2D eigenvalue weighted by atomic mass is 10.4. The second-order valence-electron chi connectivity index (χ2n) is 2.58. The third-order valence-electron chi connectivity index (χ3n) is 1.13. The van der Waals surface area contributed by atoms with Gasteiger partial charge >= 0.3 is 6.01 Å². The van der Waals surface area contributed by atoms with Crippen molar-refractivity contribution >= 4 is 6.29 Å². The van der Waals surface area contributed by atoms with E-state index < -0.39 is 0 Å². The first-order valence-corrected chi connectivity index (χ1v) is 3.66. The molecule has 1 rings (SSSR count). The highest BCUT2D eigenvalue weighted by Gasteiger charge is 1.99. The van der Waals surface area contributed by atoms with Crippen LogP contribution in [-0.2, 0) is 0 Å². The van der Waals surface area contributed by atoms with Gasteiger partial charge in [-0.1, -0.05) is 0 Å². The molecule has 1 aromatic heterocycles. The number of hydrogen-bond acceptors (Lipinski definition) is 4. The number of aldehydes is 1. The molecule has 0 unspecified atom stereocenters. The summed E-state index contributed by atoms with van der Waals surface area (Å²) in [5, 5.41) is 0. The fourth-order valence-corrected chi connectivity index (χ4v) is 0.659. The van der Waals surface area contributed by atoms with Crippen LogP contribution in [-0.4, -0.2) is 22.4 Å². The van der Waals surface area contributed by atoms with Crippen molar-refractivity contribution in [1.82, 2.24) is 9.97 Å². The highest BCUT2D eigenvalue weighted by atomic mass is 16.5. The molecule has 0 N–H and O–H groups in total. The van der Waals surface area contributed by atoms with Crippen LogP contribution in [0, 0.1) is 0 Å². The summed E-state index contributed by atoms with van der Waals surface area (Å²) in [6.45, 7) is 3.77. The molecule has 4 nitrogen and oxygen atoms in total.